The van der Waals surface area contributed by atoms with Crippen molar-refractivity contribution in [3.05, 3.63) is 70.7 Å². The van der Waals surface area contributed by atoms with Gasteiger partial charge < -0.3 is 31.8 Å². The monoisotopic (exact) mass is 672 g/mol. The maximum atomic E-state index is 12.9. The molecule has 1 aromatic heterocycles. The average molecular weight is 674 g/mol. The van der Waals surface area contributed by atoms with Crippen molar-refractivity contribution in [1.82, 2.24) is 0 Å². The highest BCUT2D eigenvalue weighted by atomic mass is 79.9. The number of hydrogen-bond donors (Lipinski definition) is 1. The number of aromatic nitrogens is 1. The maximum absolute atomic E-state index is 12.9. The van der Waals surface area contributed by atoms with Crippen LogP contribution < -0.4 is 36.3 Å². The van der Waals surface area contributed by atoms with Crippen LogP contribution in [0.2, 0.25) is 0 Å². The number of carbonyl (C=O) groups is 1. The molecule has 2 aromatic carbocycles. The van der Waals surface area contributed by atoms with E-state index in [1.54, 1.807) is 11.3 Å². The quantitative estimate of drug-likeness (QED) is 0.110. The Balaban J connectivity index is 0.00000645. The minimum atomic E-state index is -0.190. The number of anilines is 1. The molecular formula is C36H53BrN2O3S. The molecule has 0 unspecified atom stereocenters. The SMILES string of the molecule is CCCCCCCCCCCCCCOc1cc(C(C)(C)C)ccc1OCC(=O)Nc1ccccc1C[n+]1ccsc1.[Br-]. The van der Waals surface area contributed by atoms with Gasteiger partial charge >= 0.3 is 0 Å². The normalized spacial score (nSPS) is 11.2. The molecule has 0 bridgehead atoms. The van der Waals surface area contributed by atoms with Crippen molar-refractivity contribution in [2.45, 2.75) is 117 Å². The molecule has 0 aliphatic rings. The minimum absolute atomic E-state index is 0. The Morgan fingerprint density at radius 3 is 2.12 bits per heavy atom. The third kappa shape index (κ3) is 14.3. The Morgan fingerprint density at radius 1 is 0.837 bits per heavy atom. The fraction of sp³-hybridized carbons (Fsp3) is 0.556. The molecule has 0 saturated heterocycles. The first kappa shape index (κ1) is 36.8. The van der Waals surface area contributed by atoms with E-state index in [9.17, 15) is 4.79 Å². The largest absolute Gasteiger partial charge is 1.00 e. The summed E-state index contributed by atoms with van der Waals surface area (Å²) in [5.74, 6) is 1.14. The van der Waals surface area contributed by atoms with Crippen LogP contribution in [0, 0.1) is 0 Å². The second-order valence-corrected chi connectivity index (χ2v) is 13.1. The summed E-state index contributed by atoms with van der Waals surface area (Å²) in [6, 6.07) is 14.0. The van der Waals surface area contributed by atoms with Crippen molar-refractivity contribution in [1.29, 1.82) is 0 Å². The van der Waals surface area contributed by atoms with Crippen molar-refractivity contribution in [3.8, 4) is 11.5 Å². The molecule has 0 radical (unpaired) electrons. The Morgan fingerprint density at radius 2 is 1.49 bits per heavy atom. The maximum Gasteiger partial charge on any atom is 0.262 e. The van der Waals surface area contributed by atoms with Crippen LogP contribution in [0.25, 0.3) is 0 Å². The van der Waals surface area contributed by atoms with Gasteiger partial charge in [0.15, 0.2) is 30.8 Å². The lowest BCUT2D eigenvalue weighted by molar-refractivity contribution is -0.683. The van der Waals surface area contributed by atoms with E-state index < -0.39 is 0 Å². The molecule has 1 heterocycles. The fourth-order valence-corrected chi connectivity index (χ4v) is 5.59. The Hall–Kier alpha value is -2.38. The first-order chi connectivity index (χ1) is 20.4. The molecule has 0 atom stereocenters. The molecule has 0 aliphatic heterocycles. The van der Waals surface area contributed by atoms with E-state index in [1.807, 2.05) is 41.9 Å². The van der Waals surface area contributed by atoms with E-state index in [4.69, 9.17) is 9.47 Å². The Kier molecular flexibility index (Phi) is 17.6. The molecule has 1 amide bonds. The average Bonchev–Trinajstić information content (AvgIpc) is 3.48. The van der Waals surface area contributed by atoms with Gasteiger partial charge in [-0.1, -0.05) is 134 Å². The predicted octanol–water partition coefficient (Wildman–Crippen LogP) is 6.48. The van der Waals surface area contributed by atoms with Crippen LogP contribution in [0.4, 0.5) is 5.69 Å². The van der Waals surface area contributed by atoms with Gasteiger partial charge in [0.1, 0.15) is 0 Å². The van der Waals surface area contributed by atoms with Crippen molar-refractivity contribution < 1.29 is 35.8 Å². The second kappa shape index (κ2) is 20.6. The zero-order valence-corrected chi connectivity index (χ0v) is 29.2. The number of unbranched alkanes of at least 4 members (excludes halogenated alkanes) is 11. The summed E-state index contributed by atoms with van der Waals surface area (Å²) >= 11 is 1.65. The van der Waals surface area contributed by atoms with Gasteiger partial charge in [-0.25, -0.2) is 0 Å². The van der Waals surface area contributed by atoms with E-state index in [0.29, 0.717) is 24.7 Å². The van der Waals surface area contributed by atoms with Crippen LogP contribution in [0.15, 0.2) is 59.6 Å². The van der Waals surface area contributed by atoms with Gasteiger partial charge in [-0.15, -0.1) is 0 Å². The van der Waals surface area contributed by atoms with Gasteiger partial charge in [0.05, 0.1) is 17.7 Å². The number of thiazole rings is 1. The number of para-hydroxylation sites is 1. The topological polar surface area (TPSA) is 51.4 Å². The van der Waals surface area contributed by atoms with Crippen LogP contribution in [0.5, 0.6) is 11.5 Å². The first-order valence-electron chi connectivity index (χ1n) is 16.1. The number of amides is 1. The highest BCUT2D eigenvalue weighted by molar-refractivity contribution is 7.07. The highest BCUT2D eigenvalue weighted by Gasteiger charge is 2.18. The van der Waals surface area contributed by atoms with Gasteiger partial charge in [-0.05, 0) is 35.6 Å². The van der Waals surface area contributed by atoms with E-state index in [-0.39, 0.29) is 34.9 Å². The Bertz CT molecular complexity index is 1180. The van der Waals surface area contributed by atoms with Crippen LogP contribution in [0.3, 0.4) is 0 Å². The summed E-state index contributed by atoms with van der Waals surface area (Å²) in [5.41, 5.74) is 5.09. The molecule has 5 nitrogen and oxygen atoms in total. The summed E-state index contributed by atoms with van der Waals surface area (Å²) in [4.78, 5) is 12.9. The molecular weight excluding hydrogens is 620 g/mol. The summed E-state index contributed by atoms with van der Waals surface area (Å²) in [6.07, 6.45) is 17.8. The predicted molar refractivity (Wildman–Crippen MR) is 176 cm³/mol. The molecule has 43 heavy (non-hydrogen) atoms. The van der Waals surface area contributed by atoms with E-state index in [2.05, 4.69) is 55.2 Å². The molecule has 238 valence electrons. The number of halogens is 1. The van der Waals surface area contributed by atoms with Crippen LogP contribution >= 0.6 is 11.3 Å². The molecule has 0 saturated carbocycles. The lowest BCUT2D eigenvalue weighted by atomic mass is 9.87. The minimum Gasteiger partial charge on any atom is -1.00 e. The van der Waals surface area contributed by atoms with Crippen molar-refractivity contribution in [2.75, 3.05) is 18.5 Å². The highest BCUT2D eigenvalue weighted by Crippen LogP contribution is 2.33. The summed E-state index contributed by atoms with van der Waals surface area (Å²) in [6.45, 7) is 10.1. The lowest BCUT2D eigenvalue weighted by Crippen LogP contribution is -3.00. The van der Waals surface area contributed by atoms with E-state index in [0.717, 1.165) is 17.7 Å². The van der Waals surface area contributed by atoms with Gasteiger partial charge in [0, 0.05) is 5.56 Å². The van der Waals surface area contributed by atoms with E-state index >= 15 is 0 Å². The molecule has 3 aromatic rings. The van der Waals surface area contributed by atoms with Gasteiger partial charge in [-0.3, -0.25) is 4.79 Å². The molecule has 0 fully saturated rings. The number of carbonyl (C=O) groups excluding carboxylic acids is 1. The van der Waals surface area contributed by atoms with Crippen LogP contribution in [-0.4, -0.2) is 19.1 Å². The summed E-state index contributed by atoms with van der Waals surface area (Å²) in [5, 5.41) is 5.07. The number of hydrogen-bond acceptors (Lipinski definition) is 4. The number of nitrogens with one attached hydrogen (secondary N) is 1. The summed E-state index contributed by atoms with van der Waals surface area (Å²) in [7, 11) is 0. The molecule has 1 N–H and O–H groups in total. The third-order valence-electron chi connectivity index (χ3n) is 7.60. The van der Waals surface area contributed by atoms with Crippen molar-refractivity contribution in [3.63, 3.8) is 0 Å². The van der Waals surface area contributed by atoms with Gasteiger partial charge in [0.25, 0.3) is 5.91 Å². The molecule has 0 aliphatic carbocycles. The second-order valence-electron chi connectivity index (χ2n) is 12.3. The first-order valence-corrected chi connectivity index (χ1v) is 17.0. The molecule has 7 heteroatoms. The van der Waals surface area contributed by atoms with Gasteiger partial charge in [-0.2, -0.15) is 4.57 Å². The van der Waals surface area contributed by atoms with Crippen molar-refractivity contribution in [2.24, 2.45) is 0 Å². The third-order valence-corrected chi connectivity index (χ3v) is 8.27. The number of ether oxygens (including phenoxy) is 2. The van der Waals surface area contributed by atoms with E-state index in [1.165, 1.54) is 76.2 Å². The summed E-state index contributed by atoms with van der Waals surface area (Å²) < 4.78 is 14.3. The fourth-order valence-electron chi connectivity index (χ4n) is 4.99. The van der Waals surface area contributed by atoms with Crippen LogP contribution in [-0.2, 0) is 16.8 Å². The number of rotatable bonds is 20. The molecule has 3 rings (SSSR count). The van der Waals surface area contributed by atoms with Crippen LogP contribution in [0.1, 0.15) is 116 Å². The zero-order valence-electron chi connectivity index (χ0n) is 26.8. The number of benzene rings is 2. The standard InChI is InChI=1S/C36H52N2O3S.BrH/c1-5-6-7-8-9-10-11-12-13-14-15-18-24-40-34-26-31(36(2,3)4)21-22-33(34)41-28-35(39)37-32-20-17-16-19-30(32)27-38-23-25-42-29-38;/h16-17,19-23,25-26,29H,5-15,18,24,27-28H2,1-4H3;1H. The Labute approximate surface area is 275 Å². The van der Waals surface area contributed by atoms with Crippen molar-refractivity contribution >= 4 is 22.9 Å². The molecule has 0 spiro atoms. The smallest absolute Gasteiger partial charge is 0.262 e. The van der Waals surface area contributed by atoms with Gasteiger partial charge in [0.2, 0.25) is 5.51 Å². The lowest BCUT2D eigenvalue weighted by Gasteiger charge is -2.21. The zero-order chi connectivity index (χ0) is 30.0. The number of nitrogens with zero attached hydrogens (tertiary/aromatic N) is 1.